The highest BCUT2D eigenvalue weighted by Crippen LogP contribution is 2.17. The Labute approximate surface area is 157 Å². The quantitative estimate of drug-likeness (QED) is 0.405. The molecule has 0 aliphatic rings. The standard InChI is InChI=1S/C18H24N8O/c1-5-20-13(4)17(21-8-11(2)27)22-9-15(19)14-6-7-16(25-12(14)3)18-23-10-24-26-18/h6-7,9-10,20H,4-5,8,19H2,1-3H3,(H,21,22)(H,23,24,26)/b15-9-. The number of H-pyrrole nitrogens is 1. The Morgan fingerprint density at radius 2 is 2.22 bits per heavy atom. The molecule has 2 heterocycles. The van der Waals surface area contributed by atoms with E-state index < -0.39 is 0 Å². The lowest BCUT2D eigenvalue weighted by molar-refractivity contribution is -0.115. The van der Waals surface area contributed by atoms with Crippen LogP contribution in [0.3, 0.4) is 0 Å². The molecule has 27 heavy (non-hydrogen) atoms. The van der Waals surface area contributed by atoms with Gasteiger partial charge in [0.2, 0.25) is 0 Å². The number of Topliss-reactive ketones (excluding diaryl/α,β-unsaturated/α-hetero) is 1. The van der Waals surface area contributed by atoms with Crippen LogP contribution in [0.2, 0.25) is 0 Å². The van der Waals surface area contributed by atoms with Crippen LogP contribution >= 0.6 is 0 Å². The van der Waals surface area contributed by atoms with E-state index in [0.717, 1.165) is 11.3 Å². The Morgan fingerprint density at radius 1 is 1.44 bits per heavy atom. The lowest BCUT2D eigenvalue weighted by atomic mass is 10.1. The Morgan fingerprint density at radius 3 is 2.81 bits per heavy atom. The number of hydrogen-bond donors (Lipinski definition) is 4. The summed E-state index contributed by atoms with van der Waals surface area (Å²) < 4.78 is 0. The van der Waals surface area contributed by atoms with Gasteiger partial charge in [0.15, 0.2) is 11.6 Å². The molecule has 2 aromatic rings. The molecule has 0 bridgehead atoms. The van der Waals surface area contributed by atoms with Gasteiger partial charge >= 0.3 is 0 Å². The minimum atomic E-state index is -0.0430. The normalized spacial score (nSPS) is 12.0. The van der Waals surface area contributed by atoms with E-state index in [4.69, 9.17) is 5.73 Å². The number of nitrogens with two attached hydrogens (primary N) is 1. The first-order valence-electron chi connectivity index (χ1n) is 8.45. The zero-order chi connectivity index (χ0) is 19.8. The molecular weight excluding hydrogens is 344 g/mol. The van der Waals surface area contributed by atoms with Crippen LogP contribution in [0.5, 0.6) is 0 Å². The molecule has 0 saturated carbocycles. The highest BCUT2D eigenvalue weighted by atomic mass is 16.1. The van der Waals surface area contributed by atoms with E-state index in [-0.39, 0.29) is 12.3 Å². The second-order valence-electron chi connectivity index (χ2n) is 5.78. The van der Waals surface area contributed by atoms with Gasteiger partial charge in [-0.05, 0) is 32.9 Å². The molecular formula is C18H24N8O. The fourth-order valence-corrected chi connectivity index (χ4v) is 2.27. The molecule has 0 radical (unpaired) electrons. The van der Waals surface area contributed by atoms with Crippen LogP contribution in [0.15, 0.2) is 41.9 Å². The van der Waals surface area contributed by atoms with Crippen molar-refractivity contribution in [3.8, 4) is 11.5 Å². The number of nitrogens with one attached hydrogen (secondary N) is 3. The molecule has 0 fully saturated rings. The number of aromatic nitrogens is 4. The van der Waals surface area contributed by atoms with Crippen molar-refractivity contribution in [2.75, 3.05) is 13.1 Å². The van der Waals surface area contributed by atoms with E-state index >= 15 is 0 Å². The molecule has 2 rings (SSSR count). The van der Waals surface area contributed by atoms with Crippen molar-refractivity contribution >= 4 is 17.3 Å². The second kappa shape index (κ2) is 9.27. The number of carbonyl (C=O) groups excluding carboxylic acids is 1. The summed E-state index contributed by atoms with van der Waals surface area (Å²) in [6.07, 6.45) is 3.04. The maximum atomic E-state index is 11.2. The predicted octanol–water partition coefficient (Wildman–Crippen LogP) is 1.13. The van der Waals surface area contributed by atoms with Gasteiger partial charge in [-0.3, -0.25) is 14.9 Å². The third-order valence-corrected chi connectivity index (χ3v) is 3.55. The van der Waals surface area contributed by atoms with Crippen molar-refractivity contribution in [1.82, 2.24) is 30.8 Å². The smallest absolute Gasteiger partial charge is 0.174 e. The van der Waals surface area contributed by atoms with E-state index in [1.807, 2.05) is 26.0 Å². The number of hydrogen-bond acceptors (Lipinski definition) is 7. The first-order valence-corrected chi connectivity index (χ1v) is 8.45. The first kappa shape index (κ1) is 19.8. The van der Waals surface area contributed by atoms with Gasteiger partial charge in [-0.25, -0.2) is 9.97 Å². The van der Waals surface area contributed by atoms with E-state index in [1.54, 1.807) is 6.20 Å². The Balaban J connectivity index is 2.20. The van der Waals surface area contributed by atoms with Gasteiger partial charge in [-0.2, -0.15) is 5.10 Å². The number of amidine groups is 1. The minimum absolute atomic E-state index is 0.0430. The van der Waals surface area contributed by atoms with E-state index in [1.165, 1.54) is 13.3 Å². The van der Waals surface area contributed by atoms with Crippen LogP contribution in [0, 0.1) is 6.92 Å². The third kappa shape index (κ3) is 5.50. The molecule has 0 aromatic carbocycles. The van der Waals surface area contributed by atoms with Crippen molar-refractivity contribution < 1.29 is 4.79 Å². The molecule has 2 aromatic heterocycles. The van der Waals surface area contributed by atoms with Crippen LogP contribution in [0.25, 0.3) is 17.2 Å². The molecule has 9 nitrogen and oxygen atoms in total. The van der Waals surface area contributed by atoms with Crippen LogP contribution < -0.4 is 16.4 Å². The lowest BCUT2D eigenvalue weighted by Gasteiger charge is -2.12. The number of carbonyl (C=O) groups is 1. The van der Waals surface area contributed by atoms with Crippen LogP contribution in [-0.2, 0) is 4.79 Å². The molecule has 0 saturated heterocycles. The fraction of sp³-hybridized carbons (Fsp3) is 0.278. The Kier molecular flexibility index (Phi) is 6.81. The maximum Gasteiger partial charge on any atom is 0.174 e. The van der Waals surface area contributed by atoms with Crippen molar-refractivity contribution in [3.05, 3.63) is 48.2 Å². The minimum Gasteiger partial charge on any atom is -0.397 e. The lowest BCUT2D eigenvalue weighted by Crippen LogP contribution is -2.29. The third-order valence-electron chi connectivity index (χ3n) is 3.55. The highest BCUT2D eigenvalue weighted by molar-refractivity contribution is 5.99. The number of nitrogens with zero attached hydrogens (tertiary/aromatic N) is 4. The molecule has 0 amide bonds. The molecule has 142 valence electrons. The van der Waals surface area contributed by atoms with Gasteiger partial charge in [0.05, 0.1) is 17.9 Å². The van der Waals surface area contributed by atoms with E-state index in [2.05, 4.69) is 42.4 Å². The van der Waals surface area contributed by atoms with Crippen molar-refractivity contribution in [2.45, 2.75) is 20.8 Å². The average molecular weight is 368 g/mol. The van der Waals surface area contributed by atoms with Crippen molar-refractivity contribution in [1.29, 1.82) is 0 Å². The fourth-order valence-electron chi connectivity index (χ4n) is 2.27. The first-order chi connectivity index (χ1) is 12.9. The Hall–Kier alpha value is -3.49. The number of pyridine rings is 1. The SMILES string of the molecule is C=C(NCC)C(=NCC(C)=O)N/C=C(\N)c1ccc(-c2ncn[nH]2)nc1C. The van der Waals surface area contributed by atoms with Gasteiger partial charge in [-0.15, -0.1) is 0 Å². The number of rotatable bonds is 8. The van der Waals surface area contributed by atoms with Gasteiger partial charge in [0.25, 0.3) is 0 Å². The van der Waals surface area contributed by atoms with Crippen LogP contribution in [-0.4, -0.2) is 44.9 Å². The number of aromatic amines is 1. The maximum absolute atomic E-state index is 11.2. The predicted molar refractivity (Wildman–Crippen MR) is 105 cm³/mol. The molecule has 0 unspecified atom stereocenters. The summed E-state index contributed by atoms with van der Waals surface area (Å²) in [5.74, 6) is 1.00. The number of likely N-dealkylation sites (N-methyl/N-ethyl adjacent to an activating group) is 1. The summed E-state index contributed by atoms with van der Waals surface area (Å²) >= 11 is 0. The second-order valence-corrected chi connectivity index (χ2v) is 5.78. The summed E-state index contributed by atoms with van der Waals surface area (Å²) in [6, 6.07) is 3.67. The van der Waals surface area contributed by atoms with Gasteiger partial charge in [0.1, 0.15) is 17.9 Å². The van der Waals surface area contributed by atoms with Crippen LogP contribution in [0.4, 0.5) is 0 Å². The van der Waals surface area contributed by atoms with E-state index in [9.17, 15) is 4.79 Å². The molecule has 0 aliphatic carbocycles. The van der Waals surface area contributed by atoms with E-state index in [0.29, 0.717) is 35.3 Å². The molecule has 0 aliphatic heterocycles. The number of ketones is 1. The number of aliphatic imine (C=N–C) groups is 1. The van der Waals surface area contributed by atoms with Gasteiger partial charge < -0.3 is 16.4 Å². The zero-order valence-electron chi connectivity index (χ0n) is 15.7. The molecule has 9 heteroatoms. The molecule has 0 spiro atoms. The highest BCUT2D eigenvalue weighted by Gasteiger charge is 2.09. The largest absolute Gasteiger partial charge is 0.397 e. The molecule has 0 atom stereocenters. The molecule has 5 N–H and O–H groups in total. The summed E-state index contributed by atoms with van der Waals surface area (Å²) in [4.78, 5) is 24.0. The van der Waals surface area contributed by atoms with Gasteiger partial charge in [-0.1, -0.05) is 6.58 Å². The summed E-state index contributed by atoms with van der Waals surface area (Å²) in [5, 5.41) is 12.7. The number of aryl methyl sites for hydroxylation is 1. The zero-order valence-corrected chi connectivity index (χ0v) is 15.7. The summed E-state index contributed by atoms with van der Waals surface area (Å²) in [6.45, 7) is 9.95. The van der Waals surface area contributed by atoms with Gasteiger partial charge in [0, 0.05) is 24.0 Å². The average Bonchev–Trinajstić information content (AvgIpc) is 3.16. The Bertz CT molecular complexity index is 867. The monoisotopic (exact) mass is 368 g/mol. The topological polar surface area (TPSA) is 134 Å². The summed E-state index contributed by atoms with van der Waals surface area (Å²) in [7, 11) is 0. The summed E-state index contributed by atoms with van der Waals surface area (Å²) in [5.41, 5.74) is 9.44. The van der Waals surface area contributed by atoms with Crippen molar-refractivity contribution in [3.63, 3.8) is 0 Å². The van der Waals surface area contributed by atoms with Crippen molar-refractivity contribution in [2.24, 2.45) is 10.7 Å². The van der Waals surface area contributed by atoms with Crippen LogP contribution in [0.1, 0.15) is 25.1 Å².